The fraction of sp³-hybridized carbons (Fsp3) is 0.364. The predicted octanol–water partition coefficient (Wildman–Crippen LogP) is 5.47. The molecule has 0 heterocycles. The van der Waals surface area contributed by atoms with Crippen LogP contribution in [0.2, 0.25) is 10.0 Å². The summed E-state index contributed by atoms with van der Waals surface area (Å²) in [7, 11) is 0. The van der Waals surface area contributed by atoms with Crippen LogP contribution in [0.4, 0.5) is 0 Å². The molecule has 0 saturated heterocycles. The molecule has 2 atom stereocenters. The lowest BCUT2D eigenvalue weighted by atomic mass is 10.1. The molecule has 2 amide bonds. The molecule has 2 aromatic rings. The molecule has 0 unspecified atom stereocenters. The number of carbonyl (C=O) groups excluding carboxylic acids is 2. The van der Waals surface area contributed by atoms with Gasteiger partial charge in [0.25, 0.3) is 5.91 Å². The van der Waals surface area contributed by atoms with E-state index in [9.17, 15) is 9.59 Å². The lowest BCUT2D eigenvalue weighted by Gasteiger charge is -2.30. The standard InChI is InChI=1S/C22H25BrCl2N2O3/c1-4-14(2)26-22(29)15(3)27(12-16-7-5-6-8-18(16)24)21(28)13-30-20-10-9-17(23)11-19(20)25/h5-11,14-15H,4,12-13H2,1-3H3,(H,26,29)/t14-,15+/m0/s1. The van der Waals surface area contributed by atoms with Crippen molar-refractivity contribution in [3.63, 3.8) is 0 Å². The summed E-state index contributed by atoms with van der Waals surface area (Å²) in [5, 5.41) is 3.84. The number of benzene rings is 2. The third kappa shape index (κ3) is 6.89. The molecular formula is C22H25BrCl2N2O3. The Kier molecular flexibility index (Phi) is 9.46. The molecule has 0 radical (unpaired) electrons. The molecule has 162 valence electrons. The van der Waals surface area contributed by atoms with Gasteiger partial charge in [-0.1, -0.05) is 64.3 Å². The van der Waals surface area contributed by atoms with Gasteiger partial charge >= 0.3 is 0 Å². The zero-order valence-corrected chi connectivity index (χ0v) is 20.2. The first-order valence-electron chi connectivity index (χ1n) is 9.64. The fourth-order valence-electron chi connectivity index (χ4n) is 2.67. The van der Waals surface area contributed by atoms with E-state index in [0.717, 1.165) is 16.5 Å². The summed E-state index contributed by atoms with van der Waals surface area (Å²) >= 11 is 15.8. The van der Waals surface area contributed by atoms with Crippen LogP contribution in [0.5, 0.6) is 5.75 Å². The third-order valence-corrected chi connectivity index (χ3v) is 5.87. The largest absolute Gasteiger partial charge is 0.482 e. The summed E-state index contributed by atoms with van der Waals surface area (Å²) in [4.78, 5) is 27.2. The Morgan fingerprint density at radius 1 is 1.13 bits per heavy atom. The quantitative estimate of drug-likeness (QED) is 0.482. The van der Waals surface area contributed by atoms with Crippen LogP contribution in [0.1, 0.15) is 32.8 Å². The first kappa shape index (κ1) is 24.5. The topological polar surface area (TPSA) is 58.6 Å². The van der Waals surface area contributed by atoms with Crippen LogP contribution in [-0.4, -0.2) is 35.4 Å². The maximum atomic E-state index is 13.0. The van der Waals surface area contributed by atoms with E-state index in [1.807, 2.05) is 32.0 Å². The van der Waals surface area contributed by atoms with Gasteiger partial charge in [-0.25, -0.2) is 0 Å². The minimum absolute atomic E-state index is 0.00929. The van der Waals surface area contributed by atoms with Crippen LogP contribution in [-0.2, 0) is 16.1 Å². The summed E-state index contributed by atoms with van der Waals surface area (Å²) in [6.07, 6.45) is 0.794. The molecule has 1 N–H and O–H groups in total. The van der Waals surface area contributed by atoms with Crippen LogP contribution in [0.15, 0.2) is 46.9 Å². The first-order chi connectivity index (χ1) is 14.2. The van der Waals surface area contributed by atoms with Crippen molar-refractivity contribution in [3.8, 4) is 5.75 Å². The van der Waals surface area contributed by atoms with E-state index in [-0.39, 0.29) is 31.0 Å². The van der Waals surface area contributed by atoms with Crippen LogP contribution in [0, 0.1) is 0 Å². The van der Waals surface area contributed by atoms with Crippen LogP contribution in [0.3, 0.4) is 0 Å². The van der Waals surface area contributed by atoms with Crippen LogP contribution in [0.25, 0.3) is 0 Å². The number of ether oxygens (including phenoxy) is 1. The van der Waals surface area contributed by atoms with Crippen molar-refractivity contribution in [2.75, 3.05) is 6.61 Å². The summed E-state index contributed by atoms with van der Waals surface area (Å²) < 4.78 is 6.43. The Morgan fingerprint density at radius 3 is 2.47 bits per heavy atom. The van der Waals surface area contributed by atoms with Gasteiger partial charge in [0.15, 0.2) is 6.61 Å². The highest BCUT2D eigenvalue weighted by Gasteiger charge is 2.27. The number of nitrogens with one attached hydrogen (secondary N) is 1. The van der Waals surface area contributed by atoms with Gasteiger partial charge in [-0.2, -0.15) is 0 Å². The van der Waals surface area contributed by atoms with E-state index in [2.05, 4.69) is 21.2 Å². The molecule has 0 spiro atoms. The Labute approximate surface area is 195 Å². The molecule has 0 saturated carbocycles. The highest BCUT2D eigenvalue weighted by Crippen LogP contribution is 2.28. The summed E-state index contributed by atoms with van der Waals surface area (Å²) in [6, 6.07) is 11.7. The Hall–Kier alpha value is -1.76. The van der Waals surface area contributed by atoms with Gasteiger partial charge in [-0.05, 0) is 50.1 Å². The van der Waals surface area contributed by atoms with Gasteiger partial charge in [0.2, 0.25) is 5.91 Å². The number of hydrogen-bond donors (Lipinski definition) is 1. The third-order valence-electron chi connectivity index (χ3n) is 4.71. The van der Waals surface area contributed by atoms with Crippen molar-refractivity contribution >= 4 is 50.9 Å². The van der Waals surface area contributed by atoms with Crippen molar-refractivity contribution in [2.24, 2.45) is 0 Å². The van der Waals surface area contributed by atoms with Crippen molar-refractivity contribution in [1.29, 1.82) is 0 Å². The van der Waals surface area contributed by atoms with Gasteiger partial charge in [0, 0.05) is 22.1 Å². The maximum Gasteiger partial charge on any atom is 0.261 e. The van der Waals surface area contributed by atoms with Gasteiger partial charge in [0.1, 0.15) is 11.8 Å². The molecule has 2 aromatic carbocycles. The van der Waals surface area contributed by atoms with Crippen molar-refractivity contribution in [2.45, 2.75) is 45.8 Å². The number of halogens is 3. The zero-order valence-electron chi connectivity index (χ0n) is 17.1. The Balaban J connectivity index is 2.19. The van der Waals surface area contributed by atoms with E-state index in [4.69, 9.17) is 27.9 Å². The van der Waals surface area contributed by atoms with Gasteiger partial charge in [-0.3, -0.25) is 9.59 Å². The lowest BCUT2D eigenvalue weighted by molar-refractivity contribution is -0.142. The van der Waals surface area contributed by atoms with E-state index < -0.39 is 6.04 Å². The molecule has 30 heavy (non-hydrogen) atoms. The maximum absolute atomic E-state index is 13.0. The molecule has 0 aliphatic heterocycles. The number of hydrogen-bond acceptors (Lipinski definition) is 3. The molecule has 0 aliphatic rings. The predicted molar refractivity (Wildman–Crippen MR) is 124 cm³/mol. The average Bonchev–Trinajstić information content (AvgIpc) is 2.71. The van der Waals surface area contributed by atoms with Gasteiger partial charge in [-0.15, -0.1) is 0 Å². The van der Waals surface area contributed by atoms with E-state index in [1.165, 1.54) is 4.90 Å². The molecule has 2 rings (SSSR count). The minimum Gasteiger partial charge on any atom is -0.482 e. The lowest BCUT2D eigenvalue weighted by Crippen LogP contribution is -2.50. The number of rotatable bonds is 9. The highest BCUT2D eigenvalue weighted by atomic mass is 79.9. The van der Waals surface area contributed by atoms with Gasteiger partial charge in [0.05, 0.1) is 5.02 Å². The number of amides is 2. The SMILES string of the molecule is CC[C@H](C)NC(=O)[C@@H](C)N(Cc1ccccc1Cl)C(=O)COc1ccc(Br)cc1Cl. The second-order valence-electron chi connectivity index (χ2n) is 6.97. The van der Waals surface area contributed by atoms with E-state index in [1.54, 1.807) is 31.2 Å². The molecule has 0 aliphatic carbocycles. The number of carbonyl (C=O) groups is 2. The summed E-state index contributed by atoms with van der Waals surface area (Å²) in [5.74, 6) is -0.185. The average molecular weight is 516 g/mol. The molecule has 8 heteroatoms. The van der Waals surface area contributed by atoms with Crippen molar-refractivity contribution in [1.82, 2.24) is 10.2 Å². The van der Waals surface area contributed by atoms with Crippen molar-refractivity contribution in [3.05, 3.63) is 62.5 Å². The minimum atomic E-state index is -0.702. The molecule has 0 aromatic heterocycles. The second kappa shape index (κ2) is 11.6. The number of nitrogens with zero attached hydrogens (tertiary/aromatic N) is 1. The fourth-order valence-corrected chi connectivity index (χ4v) is 3.60. The van der Waals surface area contributed by atoms with Crippen molar-refractivity contribution < 1.29 is 14.3 Å². The zero-order chi connectivity index (χ0) is 22.3. The van der Waals surface area contributed by atoms with E-state index in [0.29, 0.717) is 15.8 Å². The van der Waals surface area contributed by atoms with E-state index >= 15 is 0 Å². The molecular weight excluding hydrogens is 491 g/mol. The second-order valence-corrected chi connectivity index (χ2v) is 8.70. The Bertz CT molecular complexity index is 894. The summed E-state index contributed by atoms with van der Waals surface area (Å²) in [6.45, 7) is 5.53. The normalized spacial score (nSPS) is 12.7. The summed E-state index contributed by atoms with van der Waals surface area (Å²) in [5.41, 5.74) is 0.748. The smallest absolute Gasteiger partial charge is 0.261 e. The molecule has 0 bridgehead atoms. The molecule has 5 nitrogen and oxygen atoms in total. The highest BCUT2D eigenvalue weighted by molar-refractivity contribution is 9.10. The van der Waals surface area contributed by atoms with Crippen LogP contribution >= 0.6 is 39.1 Å². The van der Waals surface area contributed by atoms with Crippen LogP contribution < -0.4 is 10.1 Å². The monoisotopic (exact) mass is 514 g/mol. The van der Waals surface area contributed by atoms with Gasteiger partial charge < -0.3 is 15.0 Å². The molecule has 0 fully saturated rings. The Morgan fingerprint density at radius 2 is 1.83 bits per heavy atom. The first-order valence-corrected chi connectivity index (χ1v) is 11.2.